The summed E-state index contributed by atoms with van der Waals surface area (Å²) < 4.78 is 2.24. The van der Waals surface area contributed by atoms with Crippen molar-refractivity contribution in [1.82, 2.24) is 19.4 Å². The summed E-state index contributed by atoms with van der Waals surface area (Å²) in [4.78, 5) is 24.8. The van der Waals surface area contributed by atoms with Crippen molar-refractivity contribution in [2.75, 3.05) is 5.32 Å². The number of fused-ring (bicyclic) bond motifs is 1. The summed E-state index contributed by atoms with van der Waals surface area (Å²) in [5, 5.41) is 20.0. The maximum absolute atomic E-state index is 12.6. The zero-order chi connectivity index (χ0) is 19.5. The van der Waals surface area contributed by atoms with Gasteiger partial charge in [0, 0.05) is 11.3 Å². The quantitative estimate of drug-likeness (QED) is 0.592. The molecule has 4 rings (SSSR count). The molecule has 8 heteroatoms. The third kappa shape index (κ3) is 3.37. The average molecular weight is 370 g/mol. The van der Waals surface area contributed by atoms with E-state index in [9.17, 15) is 9.59 Å². The van der Waals surface area contributed by atoms with Gasteiger partial charge < -0.3 is 5.32 Å². The van der Waals surface area contributed by atoms with Gasteiger partial charge in [0.2, 0.25) is 5.91 Å². The van der Waals surface area contributed by atoms with Crippen LogP contribution < -0.4 is 11.0 Å². The molecule has 0 saturated carbocycles. The van der Waals surface area contributed by atoms with Crippen LogP contribution in [0.5, 0.6) is 0 Å². The summed E-state index contributed by atoms with van der Waals surface area (Å²) in [7, 11) is 0. The molecule has 0 aliphatic rings. The lowest BCUT2D eigenvalue weighted by Crippen LogP contribution is -2.28. The monoisotopic (exact) mass is 370 g/mol. The van der Waals surface area contributed by atoms with E-state index in [1.54, 1.807) is 36.4 Å². The van der Waals surface area contributed by atoms with Gasteiger partial charge in [-0.05, 0) is 36.4 Å². The second kappa shape index (κ2) is 7.17. The fourth-order valence-electron chi connectivity index (χ4n) is 2.74. The van der Waals surface area contributed by atoms with Crippen molar-refractivity contribution in [2.24, 2.45) is 0 Å². The number of benzene rings is 2. The molecule has 28 heavy (non-hydrogen) atoms. The SMILES string of the molecule is N#Cc1ccc(NC(=O)Cn2nc3ccc(-c4ccccc4)nn3c2=O)cc1. The number of anilines is 1. The normalized spacial score (nSPS) is 10.5. The Morgan fingerprint density at radius 1 is 1.00 bits per heavy atom. The number of nitrogens with zero attached hydrogens (tertiary/aromatic N) is 5. The van der Waals surface area contributed by atoms with E-state index in [0.29, 0.717) is 22.6 Å². The topological polar surface area (TPSA) is 105 Å². The minimum Gasteiger partial charge on any atom is -0.324 e. The van der Waals surface area contributed by atoms with Crippen molar-refractivity contribution in [3.05, 3.63) is 82.8 Å². The van der Waals surface area contributed by atoms with Crippen LogP contribution in [0.1, 0.15) is 5.56 Å². The third-order valence-corrected chi connectivity index (χ3v) is 4.10. The van der Waals surface area contributed by atoms with E-state index in [2.05, 4.69) is 15.5 Å². The minimum absolute atomic E-state index is 0.247. The van der Waals surface area contributed by atoms with E-state index in [0.717, 1.165) is 10.2 Å². The van der Waals surface area contributed by atoms with Crippen LogP contribution in [0.15, 0.2) is 71.5 Å². The lowest BCUT2D eigenvalue weighted by molar-refractivity contribution is -0.117. The number of carbonyl (C=O) groups is 1. The highest BCUT2D eigenvalue weighted by molar-refractivity contribution is 5.90. The van der Waals surface area contributed by atoms with Crippen LogP contribution in [0.2, 0.25) is 0 Å². The van der Waals surface area contributed by atoms with Crippen LogP contribution in [0.25, 0.3) is 16.9 Å². The van der Waals surface area contributed by atoms with Gasteiger partial charge >= 0.3 is 5.69 Å². The number of nitriles is 1. The van der Waals surface area contributed by atoms with Crippen molar-refractivity contribution >= 4 is 17.2 Å². The Hall–Kier alpha value is -4.25. The van der Waals surface area contributed by atoms with E-state index in [1.165, 1.54) is 4.52 Å². The lowest BCUT2D eigenvalue weighted by atomic mass is 10.1. The van der Waals surface area contributed by atoms with Crippen LogP contribution in [0, 0.1) is 11.3 Å². The van der Waals surface area contributed by atoms with E-state index in [1.807, 2.05) is 36.4 Å². The average Bonchev–Trinajstić information content (AvgIpc) is 3.04. The first kappa shape index (κ1) is 17.2. The minimum atomic E-state index is -0.497. The van der Waals surface area contributed by atoms with Gasteiger partial charge in [-0.2, -0.15) is 14.9 Å². The molecular formula is C20H14N6O2. The molecule has 0 aliphatic heterocycles. The lowest BCUT2D eigenvalue weighted by Gasteiger charge is -2.04. The van der Waals surface area contributed by atoms with Crippen LogP contribution in [-0.2, 0) is 11.3 Å². The van der Waals surface area contributed by atoms with Crippen LogP contribution in [0.4, 0.5) is 5.69 Å². The van der Waals surface area contributed by atoms with E-state index >= 15 is 0 Å². The Labute approximate surface area is 159 Å². The second-order valence-corrected chi connectivity index (χ2v) is 6.03. The zero-order valence-electron chi connectivity index (χ0n) is 14.6. The maximum Gasteiger partial charge on any atom is 0.367 e. The molecule has 1 amide bonds. The molecule has 0 fully saturated rings. The largest absolute Gasteiger partial charge is 0.367 e. The number of aromatic nitrogens is 4. The Kier molecular flexibility index (Phi) is 4.40. The first-order chi connectivity index (χ1) is 13.6. The highest BCUT2D eigenvalue weighted by Gasteiger charge is 2.13. The van der Waals surface area contributed by atoms with Crippen molar-refractivity contribution in [1.29, 1.82) is 5.26 Å². The Morgan fingerprint density at radius 2 is 1.75 bits per heavy atom. The highest BCUT2D eigenvalue weighted by Crippen LogP contribution is 2.15. The van der Waals surface area contributed by atoms with E-state index < -0.39 is 11.6 Å². The summed E-state index contributed by atoms with van der Waals surface area (Å²) in [6.45, 7) is -0.247. The summed E-state index contributed by atoms with van der Waals surface area (Å²) in [5.41, 5.74) is 2.40. The Balaban J connectivity index is 1.57. The molecule has 0 bridgehead atoms. The van der Waals surface area contributed by atoms with Crippen molar-refractivity contribution in [2.45, 2.75) is 6.54 Å². The van der Waals surface area contributed by atoms with Gasteiger partial charge in [-0.15, -0.1) is 5.10 Å². The van der Waals surface area contributed by atoms with Crippen molar-refractivity contribution < 1.29 is 4.79 Å². The first-order valence-electron chi connectivity index (χ1n) is 8.46. The molecule has 8 nitrogen and oxygen atoms in total. The van der Waals surface area contributed by atoms with Crippen molar-refractivity contribution in [3.8, 4) is 17.3 Å². The van der Waals surface area contributed by atoms with Gasteiger partial charge in [-0.1, -0.05) is 30.3 Å². The summed E-state index contributed by atoms with van der Waals surface area (Å²) in [5.74, 6) is -0.404. The molecule has 0 spiro atoms. The van der Waals surface area contributed by atoms with E-state index in [-0.39, 0.29) is 6.54 Å². The fraction of sp³-hybridized carbons (Fsp3) is 0.0500. The molecule has 0 unspecified atom stereocenters. The predicted octanol–water partition coefficient (Wildman–Crippen LogP) is 2.07. The molecule has 2 heterocycles. The molecule has 0 saturated heterocycles. The van der Waals surface area contributed by atoms with Gasteiger partial charge in [-0.25, -0.2) is 9.48 Å². The fourth-order valence-corrected chi connectivity index (χ4v) is 2.74. The molecule has 0 atom stereocenters. The van der Waals surface area contributed by atoms with Gasteiger partial charge in [0.05, 0.1) is 17.3 Å². The van der Waals surface area contributed by atoms with Gasteiger partial charge in [0.15, 0.2) is 5.65 Å². The summed E-state index contributed by atoms with van der Waals surface area (Å²) in [6, 6.07) is 21.4. The van der Waals surface area contributed by atoms with Gasteiger partial charge in [0.1, 0.15) is 6.54 Å². The van der Waals surface area contributed by atoms with Crippen molar-refractivity contribution in [3.63, 3.8) is 0 Å². The molecule has 1 N–H and O–H groups in total. The standard InChI is InChI=1S/C20H14N6O2/c21-12-14-6-8-16(9-7-14)22-19(27)13-25-20(28)26-18(24-25)11-10-17(23-26)15-4-2-1-3-5-15/h1-11H,13H2,(H,22,27). The summed E-state index contributed by atoms with van der Waals surface area (Å²) >= 11 is 0. The Bertz CT molecular complexity index is 1250. The summed E-state index contributed by atoms with van der Waals surface area (Å²) in [6.07, 6.45) is 0. The second-order valence-electron chi connectivity index (χ2n) is 6.03. The smallest absolute Gasteiger partial charge is 0.324 e. The van der Waals surface area contributed by atoms with Gasteiger partial charge in [0.25, 0.3) is 0 Å². The highest BCUT2D eigenvalue weighted by atomic mass is 16.2. The van der Waals surface area contributed by atoms with E-state index in [4.69, 9.17) is 5.26 Å². The molecule has 2 aromatic carbocycles. The number of amides is 1. The van der Waals surface area contributed by atoms with Crippen LogP contribution >= 0.6 is 0 Å². The predicted molar refractivity (Wildman–Crippen MR) is 102 cm³/mol. The number of hydrogen-bond acceptors (Lipinski definition) is 5. The number of carbonyl (C=O) groups excluding carboxylic acids is 1. The first-order valence-corrected chi connectivity index (χ1v) is 8.46. The number of rotatable bonds is 4. The molecule has 136 valence electrons. The van der Waals surface area contributed by atoms with Crippen LogP contribution in [-0.4, -0.2) is 25.3 Å². The molecule has 0 radical (unpaired) electrons. The van der Waals surface area contributed by atoms with Gasteiger partial charge in [-0.3, -0.25) is 4.79 Å². The third-order valence-electron chi connectivity index (χ3n) is 4.10. The van der Waals surface area contributed by atoms with Crippen LogP contribution in [0.3, 0.4) is 0 Å². The molecule has 2 aromatic heterocycles. The maximum atomic E-state index is 12.6. The zero-order valence-corrected chi connectivity index (χ0v) is 14.6. The number of nitrogens with one attached hydrogen (secondary N) is 1. The molecule has 4 aromatic rings. The Morgan fingerprint density at radius 3 is 2.46 bits per heavy atom. The molecule has 0 aliphatic carbocycles. The number of hydrogen-bond donors (Lipinski definition) is 1. The molecular weight excluding hydrogens is 356 g/mol.